The molecule has 0 aromatic heterocycles. The minimum Gasteiger partial charge on any atom is -0.478 e. The zero-order chi connectivity index (χ0) is 20.9. The van der Waals surface area contributed by atoms with E-state index in [4.69, 9.17) is 10.4 Å². The predicted octanol–water partition coefficient (Wildman–Crippen LogP) is 6.38. The quantitative estimate of drug-likeness (QED) is 0.293. The highest BCUT2D eigenvalue weighted by Crippen LogP contribution is 2.28. The van der Waals surface area contributed by atoms with Gasteiger partial charge in [0.15, 0.2) is 0 Å². The average Bonchev–Trinajstić information content (AvgIpc) is 2.80. The van der Waals surface area contributed by atoms with Gasteiger partial charge in [-0.3, -0.25) is 5.26 Å². The number of benzene rings is 4. The number of hydrogen-bond acceptors (Lipinski definition) is 3. The van der Waals surface area contributed by atoms with Crippen LogP contribution in [0.1, 0.15) is 15.9 Å². The molecule has 0 saturated heterocycles. The summed E-state index contributed by atoms with van der Waals surface area (Å²) in [6, 6.07) is 31.4. The van der Waals surface area contributed by atoms with E-state index in [1.807, 2.05) is 48.5 Å². The summed E-state index contributed by atoms with van der Waals surface area (Å²) in [6.45, 7) is 0.179. The van der Waals surface area contributed by atoms with Crippen LogP contribution in [0.25, 0.3) is 33.4 Å². The molecule has 0 radical (unpaired) electrons. The maximum Gasteiger partial charge on any atom is 0.335 e. The summed E-state index contributed by atoms with van der Waals surface area (Å²) >= 11 is 0. The summed E-state index contributed by atoms with van der Waals surface area (Å²) in [7, 11) is 0. The first kappa shape index (κ1) is 19.6. The lowest BCUT2D eigenvalue weighted by Crippen LogP contribution is -1.94. The normalized spacial score (nSPS) is 10.7. The fourth-order valence-electron chi connectivity index (χ4n) is 3.38. The van der Waals surface area contributed by atoms with Crippen LogP contribution < -0.4 is 0 Å². The molecular weight excluding hydrogens is 376 g/mol. The largest absolute Gasteiger partial charge is 0.478 e. The van der Waals surface area contributed by atoms with Crippen molar-refractivity contribution in [3.05, 3.63) is 108 Å². The van der Waals surface area contributed by atoms with E-state index in [1.54, 1.807) is 12.1 Å². The molecule has 0 atom stereocenters. The van der Waals surface area contributed by atoms with Crippen LogP contribution in [0.2, 0.25) is 0 Å². The van der Waals surface area contributed by atoms with Crippen molar-refractivity contribution in [3.8, 4) is 33.4 Å². The number of carboxylic acid groups (broad SMARTS) is 1. The Balaban J connectivity index is 1.51. The van der Waals surface area contributed by atoms with Crippen LogP contribution in [0.4, 0.5) is 0 Å². The molecule has 0 saturated carbocycles. The molecule has 4 nitrogen and oxygen atoms in total. The maximum absolute atomic E-state index is 11.0. The van der Waals surface area contributed by atoms with Gasteiger partial charge in [0, 0.05) is 0 Å². The van der Waals surface area contributed by atoms with Crippen LogP contribution in [-0.2, 0) is 11.5 Å². The molecule has 30 heavy (non-hydrogen) atoms. The van der Waals surface area contributed by atoms with Crippen molar-refractivity contribution in [2.45, 2.75) is 6.61 Å². The second-order valence-electron chi connectivity index (χ2n) is 7.01. The van der Waals surface area contributed by atoms with Gasteiger partial charge in [-0.1, -0.05) is 84.9 Å². The zero-order valence-corrected chi connectivity index (χ0v) is 16.2. The highest BCUT2D eigenvalue weighted by Gasteiger charge is 2.05. The molecule has 0 spiro atoms. The Morgan fingerprint density at radius 3 is 1.17 bits per heavy atom. The molecular formula is C26H20O4. The Kier molecular flexibility index (Phi) is 5.70. The molecule has 0 aliphatic rings. The van der Waals surface area contributed by atoms with E-state index in [0.29, 0.717) is 0 Å². The Morgan fingerprint density at radius 1 is 0.567 bits per heavy atom. The Bertz CT molecular complexity index is 1130. The first-order chi connectivity index (χ1) is 14.6. The number of aromatic carboxylic acids is 1. The fourth-order valence-corrected chi connectivity index (χ4v) is 3.38. The second-order valence-corrected chi connectivity index (χ2v) is 7.01. The standard InChI is InChI=1S/C26H20O4/c27-26(28)25-15-13-24(14-16-25)23-11-9-22(10-12-23)21-7-5-20(6-8-21)19-3-1-18(2-4-19)17-30-29/h1-16,29H,17H2,(H,27,28). The average molecular weight is 396 g/mol. The van der Waals surface area contributed by atoms with Crippen LogP contribution in [0.15, 0.2) is 97.1 Å². The molecule has 148 valence electrons. The third kappa shape index (κ3) is 4.30. The van der Waals surface area contributed by atoms with E-state index < -0.39 is 5.97 Å². The van der Waals surface area contributed by atoms with Gasteiger partial charge < -0.3 is 5.11 Å². The highest BCUT2D eigenvalue weighted by molar-refractivity contribution is 5.88. The Hall–Kier alpha value is -3.73. The number of hydrogen-bond donors (Lipinski definition) is 2. The van der Waals surface area contributed by atoms with Crippen molar-refractivity contribution in [2.24, 2.45) is 0 Å². The van der Waals surface area contributed by atoms with E-state index in [0.717, 1.165) is 38.9 Å². The fraction of sp³-hybridized carbons (Fsp3) is 0.0385. The van der Waals surface area contributed by atoms with E-state index in [9.17, 15) is 4.79 Å². The van der Waals surface area contributed by atoms with Crippen molar-refractivity contribution in [1.82, 2.24) is 0 Å². The van der Waals surface area contributed by atoms with Gasteiger partial charge in [0.25, 0.3) is 0 Å². The van der Waals surface area contributed by atoms with Crippen LogP contribution >= 0.6 is 0 Å². The molecule has 0 fully saturated rings. The predicted molar refractivity (Wildman–Crippen MR) is 117 cm³/mol. The van der Waals surface area contributed by atoms with Crippen LogP contribution in [0.3, 0.4) is 0 Å². The minimum absolute atomic E-state index is 0.179. The lowest BCUT2D eigenvalue weighted by atomic mass is 9.97. The van der Waals surface area contributed by atoms with E-state index in [-0.39, 0.29) is 12.2 Å². The second kappa shape index (κ2) is 8.74. The van der Waals surface area contributed by atoms with E-state index in [1.165, 1.54) is 0 Å². The molecule has 4 aromatic carbocycles. The van der Waals surface area contributed by atoms with Crippen molar-refractivity contribution in [1.29, 1.82) is 0 Å². The monoisotopic (exact) mass is 396 g/mol. The van der Waals surface area contributed by atoms with Gasteiger partial charge in [-0.25, -0.2) is 9.68 Å². The molecule has 0 unspecified atom stereocenters. The van der Waals surface area contributed by atoms with Crippen LogP contribution in [0, 0.1) is 0 Å². The van der Waals surface area contributed by atoms with Crippen molar-refractivity contribution < 1.29 is 20.0 Å². The molecule has 0 aliphatic carbocycles. The van der Waals surface area contributed by atoms with Crippen molar-refractivity contribution in [3.63, 3.8) is 0 Å². The van der Waals surface area contributed by atoms with Gasteiger partial charge in [0.2, 0.25) is 0 Å². The SMILES string of the molecule is O=C(O)c1ccc(-c2ccc(-c3ccc(-c4ccc(COO)cc4)cc3)cc2)cc1. The molecule has 4 rings (SSSR count). The Morgan fingerprint density at radius 2 is 0.867 bits per heavy atom. The summed E-state index contributed by atoms with van der Waals surface area (Å²) in [5.74, 6) is -0.921. The summed E-state index contributed by atoms with van der Waals surface area (Å²) in [6.07, 6.45) is 0. The molecule has 4 heteroatoms. The lowest BCUT2D eigenvalue weighted by molar-refractivity contribution is -0.253. The minimum atomic E-state index is -0.921. The molecule has 0 aliphatic heterocycles. The lowest BCUT2D eigenvalue weighted by Gasteiger charge is -2.08. The Labute approximate surface area is 174 Å². The third-order valence-corrected chi connectivity index (χ3v) is 5.09. The van der Waals surface area contributed by atoms with Gasteiger partial charge >= 0.3 is 5.97 Å². The van der Waals surface area contributed by atoms with Gasteiger partial charge in [0.05, 0.1) is 5.56 Å². The number of carbonyl (C=O) groups is 1. The number of carboxylic acids is 1. The molecule has 0 amide bonds. The van der Waals surface area contributed by atoms with E-state index in [2.05, 4.69) is 41.3 Å². The van der Waals surface area contributed by atoms with Gasteiger partial charge in [0.1, 0.15) is 6.61 Å². The van der Waals surface area contributed by atoms with Crippen LogP contribution in [0.5, 0.6) is 0 Å². The van der Waals surface area contributed by atoms with Gasteiger partial charge in [-0.2, -0.15) is 0 Å². The molecule has 4 aromatic rings. The first-order valence-electron chi connectivity index (χ1n) is 9.54. The van der Waals surface area contributed by atoms with Gasteiger partial charge in [-0.15, -0.1) is 0 Å². The third-order valence-electron chi connectivity index (χ3n) is 5.09. The maximum atomic E-state index is 11.0. The smallest absolute Gasteiger partial charge is 0.335 e. The van der Waals surface area contributed by atoms with Crippen molar-refractivity contribution >= 4 is 5.97 Å². The molecule has 0 heterocycles. The number of rotatable bonds is 6. The van der Waals surface area contributed by atoms with Gasteiger partial charge in [-0.05, 0) is 51.1 Å². The molecule has 2 N–H and O–H groups in total. The topological polar surface area (TPSA) is 66.8 Å². The van der Waals surface area contributed by atoms with E-state index >= 15 is 0 Å². The summed E-state index contributed by atoms with van der Waals surface area (Å²) < 4.78 is 0. The van der Waals surface area contributed by atoms with Crippen LogP contribution in [-0.4, -0.2) is 16.3 Å². The summed E-state index contributed by atoms with van der Waals surface area (Å²) in [5.41, 5.74) is 7.67. The summed E-state index contributed by atoms with van der Waals surface area (Å²) in [4.78, 5) is 15.2. The highest BCUT2D eigenvalue weighted by atomic mass is 17.1. The first-order valence-corrected chi connectivity index (χ1v) is 9.54. The molecule has 0 bridgehead atoms. The zero-order valence-electron chi connectivity index (χ0n) is 16.2. The summed E-state index contributed by atoms with van der Waals surface area (Å²) in [5, 5.41) is 17.6. The van der Waals surface area contributed by atoms with Crippen molar-refractivity contribution in [2.75, 3.05) is 0 Å².